The van der Waals surface area contributed by atoms with Gasteiger partial charge in [0.2, 0.25) is 5.88 Å². The van der Waals surface area contributed by atoms with E-state index >= 15 is 0 Å². The first kappa shape index (κ1) is 15.9. The first-order valence-electron chi connectivity index (χ1n) is 8.03. The molecule has 0 unspecified atom stereocenters. The molecule has 4 rings (SSSR count). The third-order valence-electron chi connectivity index (χ3n) is 3.97. The number of anilines is 2. The molecule has 0 spiro atoms. The summed E-state index contributed by atoms with van der Waals surface area (Å²) in [6, 6.07) is 15.2. The number of ether oxygens (including phenoxy) is 2. The molecule has 1 N–H and O–H groups in total. The number of aromatic nitrogens is 4. The standard InChI is InChI=1S/C19H17N5O2/c1-25-15-6-4-14(5-7-15)22-18-12-20-17-9-8-16(23-24(17)18)13-3-10-19(26-2)21-11-13/h3-12,22H,1-2H3. The van der Waals surface area contributed by atoms with E-state index in [0.717, 1.165) is 34.2 Å². The largest absolute Gasteiger partial charge is 0.497 e. The molecule has 0 radical (unpaired) electrons. The molecule has 3 aromatic heterocycles. The summed E-state index contributed by atoms with van der Waals surface area (Å²) in [4.78, 5) is 8.62. The van der Waals surface area contributed by atoms with Crippen molar-refractivity contribution in [1.82, 2.24) is 19.6 Å². The summed E-state index contributed by atoms with van der Waals surface area (Å²) in [7, 11) is 3.24. The molecule has 3 heterocycles. The van der Waals surface area contributed by atoms with Crippen LogP contribution in [0, 0.1) is 0 Å². The lowest BCUT2D eigenvalue weighted by Gasteiger charge is -2.08. The van der Waals surface area contributed by atoms with Crippen LogP contribution in [0.15, 0.2) is 60.9 Å². The van der Waals surface area contributed by atoms with Crippen molar-refractivity contribution >= 4 is 17.2 Å². The first-order chi connectivity index (χ1) is 12.8. The zero-order valence-electron chi connectivity index (χ0n) is 14.4. The van der Waals surface area contributed by atoms with E-state index in [1.54, 1.807) is 31.1 Å². The Labute approximate surface area is 150 Å². The van der Waals surface area contributed by atoms with Crippen molar-refractivity contribution in [3.8, 4) is 22.9 Å². The van der Waals surface area contributed by atoms with Crippen LogP contribution in [0.25, 0.3) is 16.9 Å². The number of imidazole rings is 1. The summed E-state index contributed by atoms with van der Waals surface area (Å²) in [6.45, 7) is 0. The fourth-order valence-corrected chi connectivity index (χ4v) is 2.59. The van der Waals surface area contributed by atoms with E-state index in [2.05, 4.69) is 20.4 Å². The first-order valence-corrected chi connectivity index (χ1v) is 8.03. The summed E-state index contributed by atoms with van der Waals surface area (Å²) in [5, 5.41) is 8.00. The number of fused-ring (bicyclic) bond motifs is 1. The summed E-state index contributed by atoms with van der Waals surface area (Å²) in [6.07, 6.45) is 3.49. The van der Waals surface area contributed by atoms with E-state index in [4.69, 9.17) is 9.47 Å². The van der Waals surface area contributed by atoms with Crippen molar-refractivity contribution in [2.24, 2.45) is 0 Å². The van der Waals surface area contributed by atoms with Crippen LogP contribution in [0.5, 0.6) is 11.6 Å². The molecule has 130 valence electrons. The van der Waals surface area contributed by atoms with E-state index in [-0.39, 0.29) is 0 Å². The maximum atomic E-state index is 5.18. The van der Waals surface area contributed by atoms with Gasteiger partial charge in [0, 0.05) is 23.5 Å². The van der Waals surface area contributed by atoms with Crippen LogP contribution < -0.4 is 14.8 Å². The Morgan fingerprint density at radius 1 is 0.846 bits per heavy atom. The average Bonchev–Trinajstić information content (AvgIpc) is 3.10. The number of hydrogen-bond acceptors (Lipinski definition) is 6. The van der Waals surface area contributed by atoms with Crippen LogP contribution in [0.4, 0.5) is 11.5 Å². The summed E-state index contributed by atoms with van der Waals surface area (Å²) >= 11 is 0. The van der Waals surface area contributed by atoms with Gasteiger partial charge in [0.1, 0.15) is 5.75 Å². The highest BCUT2D eigenvalue weighted by Gasteiger charge is 2.08. The molecule has 0 fully saturated rings. The quantitative estimate of drug-likeness (QED) is 0.595. The number of methoxy groups -OCH3 is 2. The van der Waals surface area contributed by atoms with Crippen molar-refractivity contribution in [3.63, 3.8) is 0 Å². The van der Waals surface area contributed by atoms with Gasteiger partial charge < -0.3 is 14.8 Å². The van der Waals surface area contributed by atoms with Crippen LogP contribution in [0.1, 0.15) is 0 Å². The molecule has 0 saturated carbocycles. The lowest BCUT2D eigenvalue weighted by molar-refractivity contribution is 0.398. The number of nitrogens with zero attached hydrogens (tertiary/aromatic N) is 4. The minimum atomic E-state index is 0.569. The van der Waals surface area contributed by atoms with Gasteiger partial charge in [0.05, 0.1) is 26.1 Å². The van der Waals surface area contributed by atoms with E-state index in [1.165, 1.54) is 0 Å². The molecule has 0 atom stereocenters. The fourth-order valence-electron chi connectivity index (χ4n) is 2.59. The van der Waals surface area contributed by atoms with Gasteiger partial charge in [0.25, 0.3) is 0 Å². The van der Waals surface area contributed by atoms with E-state index in [1.807, 2.05) is 48.5 Å². The molecule has 1 aromatic carbocycles. The third kappa shape index (κ3) is 3.02. The van der Waals surface area contributed by atoms with Crippen molar-refractivity contribution < 1.29 is 9.47 Å². The van der Waals surface area contributed by atoms with Crippen LogP contribution >= 0.6 is 0 Å². The van der Waals surface area contributed by atoms with Crippen LogP contribution in [-0.2, 0) is 0 Å². The lowest BCUT2D eigenvalue weighted by Crippen LogP contribution is -2.00. The topological polar surface area (TPSA) is 73.6 Å². The summed E-state index contributed by atoms with van der Waals surface area (Å²) < 4.78 is 12.1. The lowest BCUT2D eigenvalue weighted by atomic mass is 10.2. The minimum absolute atomic E-state index is 0.569. The highest BCUT2D eigenvalue weighted by molar-refractivity contribution is 5.64. The third-order valence-corrected chi connectivity index (χ3v) is 3.97. The van der Waals surface area contributed by atoms with Gasteiger partial charge in [-0.3, -0.25) is 0 Å². The molecular weight excluding hydrogens is 330 g/mol. The van der Waals surface area contributed by atoms with Gasteiger partial charge in [0.15, 0.2) is 11.5 Å². The van der Waals surface area contributed by atoms with Gasteiger partial charge in [-0.25, -0.2) is 9.97 Å². The van der Waals surface area contributed by atoms with Gasteiger partial charge in [-0.2, -0.15) is 9.61 Å². The predicted molar refractivity (Wildman–Crippen MR) is 99.0 cm³/mol. The molecule has 4 aromatic rings. The molecule has 26 heavy (non-hydrogen) atoms. The molecular formula is C19H17N5O2. The maximum Gasteiger partial charge on any atom is 0.212 e. The average molecular weight is 347 g/mol. The van der Waals surface area contributed by atoms with Crippen molar-refractivity contribution in [1.29, 1.82) is 0 Å². The molecule has 0 amide bonds. The van der Waals surface area contributed by atoms with Crippen molar-refractivity contribution in [3.05, 3.63) is 60.9 Å². The SMILES string of the molecule is COc1ccc(Nc2cnc3ccc(-c4ccc(OC)nc4)nn23)cc1. The van der Waals surface area contributed by atoms with E-state index < -0.39 is 0 Å². The van der Waals surface area contributed by atoms with Gasteiger partial charge in [-0.05, 0) is 42.5 Å². The number of pyridine rings is 1. The van der Waals surface area contributed by atoms with Gasteiger partial charge >= 0.3 is 0 Å². The molecule has 7 nitrogen and oxygen atoms in total. The Kier molecular flexibility index (Phi) is 4.10. The highest BCUT2D eigenvalue weighted by Crippen LogP contribution is 2.23. The Morgan fingerprint density at radius 3 is 2.38 bits per heavy atom. The Bertz CT molecular complexity index is 1030. The smallest absolute Gasteiger partial charge is 0.212 e. The van der Waals surface area contributed by atoms with Gasteiger partial charge in [-0.1, -0.05) is 0 Å². The molecule has 0 saturated heterocycles. The number of rotatable bonds is 5. The number of hydrogen-bond donors (Lipinski definition) is 1. The highest BCUT2D eigenvalue weighted by atomic mass is 16.5. The van der Waals surface area contributed by atoms with Crippen molar-refractivity contribution in [2.45, 2.75) is 0 Å². The molecule has 0 aliphatic heterocycles. The Balaban J connectivity index is 1.67. The van der Waals surface area contributed by atoms with Crippen LogP contribution in [0.2, 0.25) is 0 Å². The molecule has 0 bridgehead atoms. The second kappa shape index (κ2) is 6.72. The van der Waals surface area contributed by atoms with Crippen molar-refractivity contribution in [2.75, 3.05) is 19.5 Å². The molecule has 7 heteroatoms. The zero-order chi connectivity index (χ0) is 17.9. The predicted octanol–water partition coefficient (Wildman–Crippen LogP) is 3.55. The maximum absolute atomic E-state index is 5.18. The number of nitrogens with one attached hydrogen (secondary N) is 1. The molecule has 0 aliphatic carbocycles. The summed E-state index contributed by atoms with van der Waals surface area (Å²) in [5.41, 5.74) is 3.37. The minimum Gasteiger partial charge on any atom is -0.497 e. The van der Waals surface area contributed by atoms with E-state index in [9.17, 15) is 0 Å². The zero-order valence-corrected chi connectivity index (χ0v) is 14.4. The normalized spacial score (nSPS) is 10.7. The molecule has 0 aliphatic rings. The Morgan fingerprint density at radius 2 is 1.69 bits per heavy atom. The number of benzene rings is 1. The van der Waals surface area contributed by atoms with Crippen LogP contribution in [-0.4, -0.2) is 33.8 Å². The van der Waals surface area contributed by atoms with E-state index in [0.29, 0.717) is 5.88 Å². The Hall–Kier alpha value is -3.61. The monoisotopic (exact) mass is 347 g/mol. The fraction of sp³-hybridized carbons (Fsp3) is 0.105. The summed E-state index contributed by atoms with van der Waals surface area (Å²) in [5.74, 6) is 2.15. The second-order valence-electron chi connectivity index (χ2n) is 5.57. The van der Waals surface area contributed by atoms with Crippen LogP contribution in [0.3, 0.4) is 0 Å². The van der Waals surface area contributed by atoms with Gasteiger partial charge in [-0.15, -0.1) is 0 Å². The second-order valence-corrected chi connectivity index (χ2v) is 5.57.